The number of hydrogen-bond donors (Lipinski definition) is 2. The molecule has 0 saturated carbocycles. The Morgan fingerprint density at radius 3 is 1.78 bits per heavy atom. The Hall–Kier alpha value is -1.03. The first-order valence-electron chi connectivity index (χ1n) is 4.84. The van der Waals surface area contributed by atoms with Crippen LogP contribution in [0.25, 0.3) is 0 Å². The van der Waals surface area contributed by atoms with Gasteiger partial charge in [-0.1, -0.05) is 0 Å². The number of aliphatic hydroxyl groups is 2. The molecule has 102 valence electrons. The Morgan fingerprint density at radius 1 is 0.889 bits per heavy atom. The lowest BCUT2D eigenvalue weighted by Gasteiger charge is -2.08. The minimum absolute atomic E-state index is 0.00400. The van der Waals surface area contributed by atoms with E-state index in [2.05, 4.69) is 4.43 Å². The minimum atomic E-state index is -2.20. The number of benzene rings is 1. The normalized spacial score (nSPS) is 12.0. The second-order valence-electron chi connectivity index (χ2n) is 3.35. The van der Waals surface area contributed by atoms with Crippen molar-refractivity contribution in [2.24, 2.45) is 0 Å². The summed E-state index contributed by atoms with van der Waals surface area (Å²) >= 11 is 0. The van der Waals surface area contributed by atoms with Gasteiger partial charge < -0.3 is 14.6 Å². The Kier molecular flexibility index (Phi) is 5.20. The molecule has 0 spiro atoms. The lowest BCUT2D eigenvalue weighted by molar-refractivity contribution is -0.180. The van der Waals surface area contributed by atoms with E-state index in [-0.39, 0.29) is 6.04 Å². The Labute approximate surface area is 101 Å². The van der Waals surface area contributed by atoms with Crippen molar-refractivity contribution in [3.63, 3.8) is 0 Å². The van der Waals surface area contributed by atoms with E-state index in [1.807, 2.05) is 0 Å². The van der Waals surface area contributed by atoms with Crippen LogP contribution in [0.1, 0.15) is 5.56 Å². The van der Waals surface area contributed by atoms with Crippen LogP contribution in [-0.4, -0.2) is 26.5 Å². The molecule has 0 bridgehead atoms. The van der Waals surface area contributed by atoms with Crippen LogP contribution in [0.5, 0.6) is 0 Å². The zero-order valence-corrected chi connectivity index (χ0v) is 10.3. The Bertz CT molecular complexity index is 412. The fourth-order valence-electron chi connectivity index (χ4n) is 1.31. The first-order chi connectivity index (χ1) is 8.36. The third-order valence-electron chi connectivity index (χ3n) is 2.14. The average molecular weight is 288 g/mol. The molecule has 0 radical (unpaired) electrons. The lowest BCUT2D eigenvalue weighted by Crippen LogP contribution is -2.14. The SMILES string of the molecule is OC(O)O[SiH2]CCc1c(F)c(F)c(F)c(F)c1F. The van der Waals surface area contributed by atoms with Crippen LogP contribution in [0, 0.1) is 29.1 Å². The number of hydrogen-bond acceptors (Lipinski definition) is 3. The summed E-state index contributed by atoms with van der Waals surface area (Å²) in [5, 5.41) is 16.7. The van der Waals surface area contributed by atoms with Gasteiger partial charge in [0, 0.05) is 5.56 Å². The van der Waals surface area contributed by atoms with Gasteiger partial charge in [-0.2, -0.15) is 0 Å². The second-order valence-corrected chi connectivity index (χ2v) is 4.80. The van der Waals surface area contributed by atoms with Crippen molar-refractivity contribution < 1.29 is 36.6 Å². The molecular formula is C9H9F5O3Si. The summed E-state index contributed by atoms with van der Waals surface area (Å²) in [6.45, 7) is -1.99. The van der Waals surface area contributed by atoms with Gasteiger partial charge in [0.25, 0.3) is 6.48 Å². The van der Waals surface area contributed by atoms with Crippen molar-refractivity contribution in [2.75, 3.05) is 0 Å². The van der Waals surface area contributed by atoms with Gasteiger partial charge in [-0.15, -0.1) is 0 Å². The predicted octanol–water partition coefficient (Wildman–Crippen LogP) is 0.711. The first kappa shape index (κ1) is 15.0. The van der Waals surface area contributed by atoms with E-state index in [9.17, 15) is 22.0 Å². The van der Waals surface area contributed by atoms with Gasteiger partial charge in [0.1, 0.15) is 0 Å². The molecule has 1 rings (SSSR count). The molecule has 3 nitrogen and oxygen atoms in total. The van der Waals surface area contributed by atoms with E-state index in [0.29, 0.717) is 0 Å². The van der Waals surface area contributed by atoms with Crippen LogP contribution in [0.15, 0.2) is 0 Å². The Balaban J connectivity index is 2.83. The highest BCUT2D eigenvalue weighted by molar-refractivity contribution is 6.27. The lowest BCUT2D eigenvalue weighted by atomic mass is 10.1. The number of aliphatic hydroxyl groups excluding tert-OH is 1. The van der Waals surface area contributed by atoms with E-state index in [1.54, 1.807) is 0 Å². The van der Waals surface area contributed by atoms with Crippen molar-refractivity contribution >= 4 is 9.76 Å². The van der Waals surface area contributed by atoms with E-state index >= 15 is 0 Å². The smallest absolute Gasteiger partial charge is 0.256 e. The standard InChI is InChI=1S/C9H9F5O3Si/c10-4-3(1-2-18-17-9(15)16)5(11)7(13)8(14)6(4)12/h9,15-16H,1-2,18H2. The molecule has 0 heterocycles. The topological polar surface area (TPSA) is 49.7 Å². The van der Waals surface area contributed by atoms with Gasteiger partial charge in [-0.05, 0) is 12.5 Å². The van der Waals surface area contributed by atoms with Gasteiger partial charge in [0.05, 0.1) is 0 Å². The molecule has 0 aliphatic heterocycles. The van der Waals surface area contributed by atoms with Crippen molar-refractivity contribution in [3.05, 3.63) is 34.6 Å². The number of halogens is 5. The molecule has 0 atom stereocenters. The maximum atomic E-state index is 13.1. The van der Waals surface area contributed by atoms with E-state index in [1.165, 1.54) is 0 Å². The summed E-state index contributed by atoms with van der Waals surface area (Å²) in [5.74, 6) is -9.93. The van der Waals surface area contributed by atoms with Gasteiger partial charge in [0.15, 0.2) is 33.0 Å². The molecule has 0 aliphatic carbocycles. The summed E-state index contributed by atoms with van der Waals surface area (Å²) in [5.41, 5.74) is -0.921. The third kappa shape index (κ3) is 3.25. The van der Waals surface area contributed by atoms with Crippen LogP contribution in [0.2, 0.25) is 6.04 Å². The summed E-state index contributed by atoms with van der Waals surface area (Å²) in [7, 11) is -1.52. The summed E-state index contributed by atoms with van der Waals surface area (Å²) in [4.78, 5) is 0. The third-order valence-corrected chi connectivity index (χ3v) is 3.31. The van der Waals surface area contributed by atoms with Crippen LogP contribution < -0.4 is 0 Å². The molecule has 2 N–H and O–H groups in total. The predicted molar refractivity (Wildman–Crippen MR) is 52.6 cm³/mol. The molecule has 0 unspecified atom stereocenters. The van der Waals surface area contributed by atoms with Gasteiger partial charge in [-0.25, -0.2) is 22.0 Å². The quantitative estimate of drug-likeness (QED) is 0.209. The number of rotatable bonds is 5. The fraction of sp³-hybridized carbons (Fsp3) is 0.333. The van der Waals surface area contributed by atoms with Crippen LogP contribution in [0.4, 0.5) is 22.0 Å². The Morgan fingerprint density at radius 2 is 1.33 bits per heavy atom. The summed E-state index contributed by atoms with van der Waals surface area (Å²) in [6.07, 6.45) is -0.426. The van der Waals surface area contributed by atoms with Crippen molar-refractivity contribution in [1.82, 2.24) is 0 Å². The first-order valence-corrected chi connectivity index (χ1v) is 6.42. The largest absolute Gasteiger partial charge is 0.379 e. The van der Waals surface area contributed by atoms with E-state index in [0.717, 1.165) is 0 Å². The molecular weight excluding hydrogens is 279 g/mol. The molecule has 0 amide bonds. The van der Waals surface area contributed by atoms with E-state index in [4.69, 9.17) is 10.2 Å². The second kappa shape index (κ2) is 6.23. The maximum absolute atomic E-state index is 13.1. The van der Waals surface area contributed by atoms with Crippen molar-refractivity contribution in [3.8, 4) is 0 Å². The van der Waals surface area contributed by atoms with E-state index < -0.39 is 57.3 Å². The fourth-order valence-corrected chi connectivity index (χ4v) is 2.18. The molecule has 1 aromatic carbocycles. The molecule has 0 saturated heterocycles. The van der Waals surface area contributed by atoms with Gasteiger partial charge in [-0.3, -0.25) is 0 Å². The zero-order valence-electron chi connectivity index (χ0n) is 8.89. The van der Waals surface area contributed by atoms with Crippen molar-refractivity contribution in [2.45, 2.75) is 18.9 Å². The van der Waals surface area contributed by atoms with Gasteiger partial charge >= 0.3 is 0 Å². The molecule has 1 aromatic rings. The molecule has 9 heteroatoms. The molecule has 0 fully saturated rings. The summed E-state index contributed by atoms with van der Waals surface area (Å²) in [6, 6.07) is -0.00400. The zero-order chi connectivity index (χ0) is 13.9. The van der Waals surface area contributed by atoms with Crippen molar-refractivity contribution in [1.29, 1.82) is 0 Å². The monoisotopic (exact) mass is 288 g/mol. The molecule has 0 aromatic heterocycles. The summed E-state index contributed by atoms with van der Waals surface area (Å²) < 4.78 is 68.9. The van der Waals surface area contributed by atoms with Crippen LogP contribution in [0.3, 0.4) is 0 Å². The molecule has 0 aliphatic rings. The van der Waals surface area contributed by atoms with Crippen LogP contribution >= 0.6 is 0 Å². The maximum Gasteiger partial charge on any atom is 0.256 e. The highest BCUT2D eigenvalue weighted by atomic mass is 28.2. The highest BCUT2D eigenvalue weighted by Crippen LogP contribution is 2.23. The minimum Gasteiger partial charge on any atom is -0.379 e. The van der Waals surface area contributed by atoms with Crippen LogP contribution in [-0.2, 0) is 10.8 Å². The highest BCUT2D eigenvalue weighted by Gasteiger charge is 2.25. The average Bonchev–Trinajstić information content (AvgIpc) is 2.32. The van der Waals surface area contributed by atoms with Gasteiger partial charge in [0.2, 0.25) is 5.82 Å². The molecule has 18 heavy (non-hydrogen) atoms.